The van der Waals surface area contributed by atoms with Gasteiger partial charge >= 0.3 is 0 Å². The highest BCUT2D eigenvalue weighted by atomic mass is 32.1. The van der Waals surface area contributed by atoms with Crippen LogP contribution in [0.4, 0.5) is 0 Å². The summed E-state index contributed by atoms with van der Waals surface area (Å²) in [5, 5.41) is -0.0209. The van der Waals surface area contributed by atoms with Crippen LogP contribution in [0.15, 0.2) is 0 Å². The minimum atomic E-state index is -0.290. The van der Waals surface area contributed by atoms with Gasteiger partial charge in [-0.3, -0.25) is 4.79 Å². The van der Waals surface area contributed by atoms with E-state index >= 15 is 0 Å². The average Bonchev–Trinajstić information content (AvgIpc) is 1.56. The molecule has 0 heterocycles. The van der Waals surface area contributed by atoms with Crippen LogP contribution >= 0.6 is 12.6 Å². The van der Waals surface area contributed by atoms with Crippen LogP contribution in [0.5, 0.6) is 0 Å². The Morgan fingerprint density at radius 2 is 1.55 bits per heavy atom. The van der Waals surface area contributed by atoms with E-state index in [1.807, 2.05) is 13.8 Å². The largest absolute Gasteiger partial charge is 0.287 e. The zero-order valence-electron chi connectivity index (χ0n) is 8.06. The van der Waals surface area contributed by atoms with E-state index in [1.165, 1.54) is 0 Å². The summed E-state index contributed by atoms with van der Waals surface area (Å²) in [7, 11) is 0. The second-order valence-corrected chi connectivity index (χ2v) is 5.33. The summed E-state index contributed by atoms with van der Waals surface area (Å²) < 4.78 is 0. The molecule has 0 aliphatic heterocycles. The number of rotatable bonds is 2. The monoisotopic (exact) mass is 174 g/mol. The van der Waals surface area contributed by atoms with Crippen LogP contribution in [-0.4, -0.2) is 5.12 Å². The van der Waals surface area contributed by atoms with Crippen LogP contribution in [0.1, 0.15) is 41.0 Å². The minimum Gasteiger partial charge on any atom is -0.287 e. The Kier molecular flexibility index (Phi) is 3.18. The first-order chi connectivity index (χ1) is 4.65. The average molecular weight is 174 g/mol. The molecular weight excluding hydrogens is 156 g/mol. The van der Waals surface area contributed by atoms with Gasteiger partial charge in [-0.2, -0.15) is 0 Å². The van der Waals surface area contributed by atoms with Crippen molar-refractivity contribution < 1.29 is 4.79 Å². The summed E-state index contributed by atoms with van der Waals surface area (Å²) >= 11 is 3.85. The van der Waals surface area contributed by atoms with Crippen LogP contribution in [0, 0.1) is 10.8 Å². The Hall–Kier alpha value is 0.0200. The second-order valence-electron chi connectivity index (χ2n) is 4.93. The lowest BCUT2D eigenvalue weighted by atomic mass is 9.77. The Balaban J connectivity index is 4.25. The van der Waals surface area contributed by atoms with Crippen LogP contribution in [0.2, 0.25) is 0 Å². The molecule has 0 N–H and O–H groups in total. The van der Waals surface area contributed by atoms with Crippen molar-refractivity contribution in [2.75, 3.05) is 0 Å². The molecule has 0 spiro atoms. The molecule has 0 amide bonds. The van der Waals surface area contributed by atoms with Gasteiger partial charge in [-0.15, -0.1) is 12.6 Å². The van der Waals surface area contributed by atoms with Crippen LogP contribution in [-0.2, 0) is 4.79 Å². The topological polar surface area (TPSA) is 17.1 Å². The van der Waals surface area contributed by atoms with Gasteiger partial charge in [0.2, 0.25) is 0 Å². The summed E-state index contributed by atoms with van der Waals surface area (Å²) in [6.07, 6.45) is 0.877. The van der Waals surface area contributed by atoms with Gasteiger partial charge in [0.1, 0.15) is 0 Å². The number of carbonyl (C=O) groups excluding carboxylic acids is 1. The molecule has 0 saturated carbocycles. The molecule has 0 unspecified atom stereocenters. The number of thiol groups is 1. The summed E-state index contributed by atoms with van der Waals surface area (Å²) in [5.41, 5.74) is -0.0940. The van der Waals surface area contributed by atoms with E-state index in [4.69, 9.17) is 0 Å². The van der Waals surface area contributed by atoms with Crippen molar-refractivity contribution in [3.05, 3.63) is 0 Å². The minimum absolute atomic E-state index is 0.0209. The molecule has 0 aliphatic rings. The molecule has 66 valence electrons. The molecule has 0 atom stereocenters. The van der Waals surface area contributed by atoms with Gasteiger partial charge in [0.15, 0.2) is 5.12 Å². The molecule has 0 rings (SSSR count). The van der Waals surface area contributed by atoms with Gasteiger partial charge in [-0.05, 0) is 11.8 Å². The number of hydrogen-bond acceptors (Lipinski definition) is 1. The highest BCUT2D eigenvalue weighted by Gasteiger charge is 2.29. The van der Waals surface area contributed by atoms with Crippen LogP contribution in [0.25, 0.3) is 0 Å². The Labute approximate surface area is 75.0 Å². The molecule has 0 aliphatic carbocycles. The van der Waals surface area contributed by atoms with E-state index in [0.29, 0.717) is 0 Å². The number of hydrogen-bond donors (Lipinski definition) is 1. The lowest BCUT2D eigenvalue weighted by Gasteiger charge is -2.29. The summed E-state index contributed by atoms with van der Waals surface area (Å²) in [6.45, 7) is 10.3. The molecule has 0 radical (unpaired) electrons. The van der Waals surface area contributed by atoms with Crippen molar-refractivity contribution in [1.29, 1.82) is 0 Å². The fourth-order valence-electron chi connectivity index (χ4n) is 1.40. The first-order valence-electron chi connectivity index (χ1n) is 3.88. The van der Waals surface area contributed by atoms with Gasteiger partial charge in [-0.1, -0.05) is 34.6 Å². The number of carbonyl (C=O) groups is 1. The van der Waals surface area contributed by atoms with Crippen LogP contribution < -0.4 is 0 Å². The SMILES string of the molecule is CC(C)(C)CC(C)(C)C(=O)S. The Morgan fingerprint density at radius 1 is 1.18 bits per heavy atom. The fourth-order valence-corrected chi connectivity index (χ4v) is 1.48. The van der Waals surface area contributed by atoms with Crippen molar-refractivity contribution in [2.24, 2.45) is 10.8 Å². The second kappa shape index (κ2) is 3.18. The van der Waals surface area contributed by atoms with Gasteiger partial charge < -0.3 is 0 Å². The summed E-state index contributed by atoms with van der Waals surface area (Å²) in [5.74, 6) is 0. The Morgan fingerprint density at radius 3 is 1.64 bits per heavy atom. The molecule has 0 aromatic rings. The first-order valence-corrected chi connectivity index (χ1v) is 4.33. The maximum atomic E-state index is 11.0. The standard InChI is InChI=1S/C9H18OS/c1-8(2,3)6-9(4,5)7(10)11/h6H2,1-5H3,(H,10,11). The molecular formula is C9H18OS. The van der Waals surface area contributed by atoms with Crippen molar-refractivity contribution in [3.8, 4) is 0 Å². The Bertz CT molecular complexity index is 153. The maximum absolute atomic E-state index is 11.0. The quantitative estimate of drug-likeness (QED) is 0.637. The molecule has 0 saturated heterocycles. The third-order valence-electron chi connectivity index (χ3n) is 1.55. The normalized spacial score (nSPS) is 13.3. The third kappa shape index (κ3) is 4.46. The van der Waals surface area contributed by atoms with E-state index in [-0.39, 0.29) is 15.9 Å². The highest BCUT2D eigenvalue weighted by Crippen LogP contribution is 2.34. The van der Waals surface area contributed by atoms with E-state index in [2.05, 4.69) is 33.4 Å². The van der Waals surface area contributed by atoms with Gasteiger partial charge in [0.05, 0.1) is 0 Å². The zero-order valence-corrected chi connectivity index (χ0v) is 8.96. The third-order valence-corrected chi connectivity index (χ3v) is 2.16. The van der Waals surface area contributed by atoms with E-state index in [9.17, 15) is 4.79 Å². The molecule has 0 fully saturated rings. The molecule has 11 heavy (non-hydrogen) atoms. The highest BCUT2D eigenvalue weighted by molar-refractivity contribution is 7.96. The lowest BCUT2D eigenvalue weighted by Crippen LogP contribution is -2.26. The van der Waals surface area contributed by atoms with E-state index in [0.717, 1.165) is 6.42 Å². The maximum Gasteiger partial charge on any atom is 0.191 e. The molecule has 1 nitrogen and oxygen atoms in total. The zero-order chi connectivity index (χ0) is 9.28. The van der Waals surface area contributed by atoms with Gasteiger partial charge in [0, 0.05) is 5.41 Å². The van der Waals surface area contributed by atoms with Gasteiger partial charge in [0.25, 0.3) is 0 Å². The predicted octanol–water partition coefficient (Wildman–Crippen LogP) is 2.91. The van der Waals surface area contributed by atoms with Crippen LogP contribution in [0.3, 0.4) is 0 Å². The molecule has 2 heteroatoms. The van der Waals surface area contributed by atoms with Gasteiger partial charge in [-0.25, -0.2) is 0 Å². The molecule has 0 aromatic heterocycles. The summed E-state index contributed by atoms with van der Waals surface area (Å²) in [4.78, 5) is 11.0. The van der Waals surface area contributed by atoms with E-state index in [1.54, 1.807) is 0 Å². The predicted molar refractivity (Wildman–Crippen MR) is 51.8 cm³/mol. The first kappa shape index (κ1) is 11.0. The smallest absolute Gasteiger partial charge is 0.191 e. The fraction of sp³-hybridized carbons (Fsp3) is 0.889. The van der Waals surface area contributed by atoms with Crippen molar-refractivity contribution in [2.45, 2.75) is 41.0 Å². The molecule has 0 bridgehead atoms. The van der Waals surface area contributed by atoms with Crippen molar-refractivity contribution >= 4 is 17.7 Å². The molecule has 0 aromatic carbocycles. The van der Waals surface area contributed by atoms with Crippen molar-refractivity contribution in [1.82, 2.24) is 0 Å². The lowest BCUT2D eigenvalue weighted by molar-refractivity contribution is -0.119. The van der Waals surface area contributed by atoms with E-state index < -0.39 is 0 Å². The van der Waals surface area contributed by atoms with Crippen molar-refractivity contribution in [3.63, 3.8) is 0 Å². The summed E-state index contributed by atoms with van der Waals surface area (Å²) in [6, 6.07) is 0.